The lowest BCUT2D eigenvalue weighted by molar-refractivity contribution is -0.384. The molecule has 4 atom stereocenters. The molecule has 2 heterocycles. The lowest BCUT2D eigenvalue weighted by atomic mass is 10.0. The topological polar surface area (TPSA) is 126 Å². The molecular weight excluding hydrogens is 508 g/mol. The number of rotatable bonds is 9. The third-order valence-corrected chi connectivity index (χ3v) is 8.43. The lowest BCUT2D eigenvalue weighted by Crippen LogP contribution is -2.52. The van der Waals surface area contributed by atoms with E-state index in [1.54, 1.807) is 13.8 Å². The molecule has 2 fully saturated rings. The number of nitrogens with one attached hydrogen (secondary N) is 1. The predicted molar refractivity (Wildman–Crippen MR) is 133 cm³/mol. The zero-order chi connectivity index (χ0) is 26.1. The number of hydrogen-bond donors (Lipinski definition) is 1. The van der Waals surface area contributed by atoms with E-state index in [4.69, 9.17) is 18.9 Å². The van der Waals surface area contributed by atoms with Gasteiger partial charge in [-0.15, -0.1) is 11.8 Å². The van der Waals surface area contributed by atoms with E-state index in [2.05, 4.69) is 4.72 Å². The summed E-state index contributed by atoms with van der Waals surface area (Å²) in [5.74, 6) is -1.43. The molecule has 2 aromatic carbocycles. The molecule has 0 amide bonds. The molecule has 1 N–H and O–H groups in total. The van der Waals surface area contributed by atoms with Crippen LogP contribution in [-0.4, -0.2) is 61.6 Å². The molecule has 36 heavy (non-hydrogen) atoms. The first kappa shape index (κ1) is 27.0. The summed E-state index contributed by atoms with van der Waals surface area (Å²) in [7, 11) is -4.04. The molecule has 0 radical (unpaired) electrons. The maximum absolute atomic E-state index is 13.3. The molecular formula is C24H30N2O8S2. The van der Waals surface area contributed by atoms with Gasteiger partial charge in [-0.2, -0.15) is 0 Å². The van der Waals surface area contributed by atoms with Gasteiger partial charge in [-0.25, -0.2) is 13.1 Å². The van der Waals surface area contributed by atoms with Gasteiger partial charge in [-0.1, -0.05) is 18.2 Å². The van der Waals surface area contributed by atoms with Gasteiger partial charge >= 0.3 is 0 Å². The summed E-state index contributed by atoms with van der Waals surface area (Å²) in [6, 6.07) is 13.6. The van der Waals surface area contributed by atoms with E-state index in [-0.39, 0.29) is 17.2 Å². The van der Waals surface area contributed by atoms with Gasteiger partial charge in [0.1, 0.15) is 18.3 Å². The van der Waals surface area contributed by atoms with Gasteiger partial charge < -0.3 is 18.9 Å². The van der Waals surface area contributed by atoms with Gasteiger partial charge in [0.2, 0.25) is 10.0 Å². The van der Waals surface area contributed by atoms with Gasteiger partial charge in [0.05, 0.1) is 22.5 Å². The van der Waals surface area contributed by atoms with Crippen molar-refractivity contribution in [1.82, 2.24) is 4.72 Å². The van der Waals surface area contributed by atoms with Crippen LogP contribution in [-0.2, 0) is 29.0 Å². The van der Waals surface area contributed by atoms with E-state index < -0.39 is 50.9 Å². The van der Waals surface area contributed by atoms with E-state index in [0.29, 0.717) is 5.75 Å². The number of nitro groups is 1. The molecule has 0 bridgehead atoms. The Morgan fingerprint density at radius 3 is 2.28 bits per heavy atom. The zero-order valence-corrected chi connectivity index (χ0v) is 22.1. The van der Waals surface area contributed by atoms with Crippen molar-refractivity contribution in [3.8, 4) is 0 Å². The van der Waals surface area contributed by atoms with Crippen LogP contribution in [0.2, 0.25) is 0 Å². The average molecular weight is 539 g/mol. The molecule has 2 aromatic rings. The maximum atomic E-state index is 13.3. The second kappa shape index (κ2) is 10.4. The van der Waals surface area contributed by atoms with Crippen LogP contribution < -0.4 is 4.72 Å². The second-order valence-corrected chi connectivity index (χ2v) is 12.3. The number of thioether (sulfide) groups is 1. The molecule has 2 saturated heterocycles. The second-order valence-electron chi connectivity index (χ2n) is 9.53. The van der Waals surface area contributed by atoms with Crippen LogP contribution in [0.1, 0.15) is 27.7 Å². The summed E-state index contributed by atoms with van der Waals surface area (Å²) in [6.07, 6.45) is -1.74. The molecule has 0 saturated carbocycles. The number of hydrogen-bond acceptors (Lipinski definition) is 9. The summed E-state index contributed by atoms with van der Waals surface area (Å²) in [6.45, 7) is 7.44. The Balaban J connectivity index is 1.62. The minimum Gasteiger partial charge on any atom is -0.348 e. The molecule has 4 rings (SSSR count). The number of non-ortho nitro benzene ring substituents is 1. The standard InChI is InChI=1S/C24H30N2O8S2/c1-23(2)31-14-20(32-23)22-21(33-24(3,4)34-22)19(15-35-17-8-6-5-7-9-17)25-36(29,30)18-12-10-16(11-13-18)26(27)28/h5-13,19-22,25H,14-15H2,1-4H3/t19-,20-,21-,22-/m1/s1. The van der Waals surface area contributed by atoms with Crippen molar-refractivity contribution < 1.29 is 32.3 Å². The van der Waals surface area contributed by atoms with Crippen LogP contribution in [0.15, 0.2) is 64.4 Å². The Hall–Kier alpha value is -2.06. The quantitative estimate of drug-likeness (QED) is 0.289. The van der Waals surface area contributed by atoms with Crippen LogP contribution in [0.5, 0.6) is 0 Å². The van der Waals surface area contributed by atoms with Crippen molar-refractivity contribution >= 4 is 27.5 Å². The molecule has 2 aliphatic rings. The highest BCUT2D eigenvalue weighted by Crippen LogP contribution is 2.38. The average Bonchev–Trinajstić information content (AvgIpc) is 3.35. The fourth-order valence-corrected chi connectivity index (χ4v) is 6.55. The third-order valence-electron chi connectivity index (χ3n) is 5.79. The summed E-state index contributed by atoms with van der Waals surface area (Å²) in [4.78, 5) is 11.3. The van der Waals surface area contributed by atoms with Crippen LogP contribution in [0, 0.1) is 10.1 Å². The molecule has 10 nitrogen and oxygen atoms in total. The van der Waals surface area contributed by atoms with Crippen LogP contribution in [0.25, 0.3) is 0 Å². The van der Waals surface area contributed by atoms with Crippen molar-refractivity contribution in [2.24, 2.45) is 0 Å². The number of nitrogens with zero attached hydrogens (tertiary/aromatic N) is 1. The van der Waals surface area contributed by atoms with E-state index in [0.717, 1.165) is 17.0 Å². The molecule has 0 aromatic heterocycles. The highest BCUT2D eigenvalue weighted by atomic mass is 32.2. The van der Waals surface area contributed by atoms with Gasteiger partial charge in [0.25, 0.3) is 5.69 Å². The summed E-state index contributed by atoms with van der Waals surface area (Å²) < 4.78 is 53.7. The summed E-state index contributed by atoms with van der Waals surface area (Å²) in [5, 5.41) is 11.0. The smallest absolute Gasteiger partial charge is 0.269 e. The van der Waals surface area contributed by atoms with E-state index >= 15 is 0 Å². The number of benzene rings is 2. The molecule has 196 valence electrons. The normalized spacial score (nSPS) is 26.1. The van der Waals surface area contributed by atoms with Gasteiger partial charge in [0, 0.05) is 22.8 Å². The SMILES string of the molecule is CC1(C)O[C@H]([C@@H](CSc2ccccc2)NS(=O)(=O)c2ccc([N+](=O)[O-])cc2)[C@@H]([C@H]2COC(C)(C)O2)O1. The Labute approximate surface area is 214 Å². The molecule has 0 unspecified atom stereocenters. The minimum atomic E-state index is -4.04. The first-order chi connectivity index (χ1) is 16.9. The number of sulfonamides is 1. The fourth-order valence-electron chi connectivity index (χ4n) is 4.21. The molecule has 2 aliphatic heterocycles. The molecule has 0 spiro atoms. The lowest BCUT2D eigenvalue weighted by Gasteiger charge is -2.29. The molecule has 0 aliphatic carbocycles. The predicted octanol–water partition coefficient (Wildman–Crippen LogP) is 3.71. The van der Waals surface area contributed by atoms with Gasteiger partial charge in [-0.05, 0) is 52.0 Å². The van der Waals surface area contributed by atoms with E-state index in [1.807, 2.05) is 44.2 Å². The Morgan fingerprint density at radius 2 is 1.69 bits per heavy atom. The van der Waals surface area contributed by atoms with Crippen molar-refractivity contribution in [2.45, 2.75) is 73.4 Å². The first-order valence-electron chi connectivity index (χ1n) is 11.5. The molecule has 12 heteroatoms. The first-order valence-corrected chi connectivity index (χ1v) is 13.9. The summed E-state index contributed by atoms with van der Waals surface area (Å²) in [5.41, 5.74) is -0.194. The van der Waals surface area contributed by atoms with Crippen LogP contribution in [0.3, 0.4) is 0 Å². The third kappa shape index (κ3) is 6.43. The highest BCUT2D eigenvalue weighted by molar-refractivity contribution is 7.99. The van der Waals surface area contributed by atoms with Crippen LogP contribution >= 0.6 is 11.8 Å². The van der Waals surface area contributed by atoms with Gasteiger partial charge in [0.15, 0.2) is 11.6 Å². The zero-order valence-electron chi connectivity index (χ0n) is 20.4. The van der Waals surface area contributed by atoms with Crippen molar-refractivity contribution in [3.05, 3.63) is 64.7 Å². The maximum Gasteiger partial charge on any atom is 0.269 e. The number of nitro benzene ring substituents is 1. The van der Waals surface area contributed by atoms with Crippen molar-refractivity contribution in [3.63, 3.8) is 0 Å². The number of ether oxygens (including phenoxy) is 4. The van der Waals surface area contributed by atoms with Crippen molar-refractivity contribution in [2.75, 3.05) is 12.4 Å². The van der Waals surface area contributed by atoms with Crippen molar-refractivity contribution in [1.29, 1.82) is 0 Å². The largest absolute Gasteiger partial charge is 0.348 e. The Kier molecular flexibility index (Phi) is 7.77. The minimum absolute atomic E-state index is 0.0841. The Bertz CT molecular complexity index is 1170. The van der Waals surface area contributed by atoms with E-state index in [9.17, 15) is 18.5 Å². The Morgan fingerprint density at radius 1 is 1.03 bits per heavy atom. The van der Waals surface area contributed by atoms with Gasteiger partial charge in [-0.3, -0.25) is 10.1 Å². The van der Waals surface area contributed by atoms with E-state index in [1.165, 1.54) is 23.9 Å². The monoisotopic (exact) mass is 538 g/mol. The van der Waals surface area contributed by atoms with Crippen LogP contribution in [0.4, 0.5) is 5.69 Å². The fraction of sp³-hybridized carbons (Fsp3) is 0.500. The highest BCUT2D eigenvalue weighted by Gasteiger charge is 2.52. The summed E-state index contributed by atoms with van der Waals surface area (Å²) >= 11 is 1.48.